The van der Waals surface area contributed by atoms with Crippen LogP contribution in [0.25, 0.3) is 5.95 Å². The number of halogens is 2. The number of carbonyl (C=O) groups excluding carboxylic acids is 1. The summed E-state index contributed by atoms with van der Waals surface area (Å²) in [6, 6.07) is 13.5. The highest BCUT2D eigenvalue weighted by atomic mass is 35.5. The molecule has 2 aromatic heterocycles. The van der Waals surface area contributed by atoms with Gasteiger partial charge in [0.05, 0.1) is 21.8 Å². The molecule has 2 N–H and O–H groups in total. The van der Waals surface area contributed by atoms with Gasteiger partial charge in [-0.05, 0) is 24.6 Å². The van der Waals surface area contributed by atoms with Crippen LogP contribution in [0.1, 0.15) is 24.4 Å². The molecule has 4 rings (SSSR count). The summed E-state index contributed by atoms with van der Waals surface area (Å²) in [5.41, 5.74) is 1.33. The van der Waals surface area contributed by atoms with Gasteiger partial charge in [0.15, 0.2) is 5.82 Å². The SMILES string of the molecule is C[C@H](NC(=O)Nc1cc(OCc2ccccc2)c(Cl)cc1Cl)c1ncnn1-c1ncccn1. The Morgan fingerprint density at radius 2 is 1.82 bits per heavy atom. The van der Waals surface area contributed by atoms with Crippen LogP contribution in [0.15, 0.2) is 67.3 Å². The monoisotopic (exact) mass is 483 g/mol. The van der Waals surface area contributed by atoms with Crippen LogP contribution in [0.5, 0.6) is 5.75 Å². The molecular formula is C22H19Cl2N7O2. The molecule has 2 amide bonds. The zero-order valence-electron chi connectivity index (χ0n) is 17.4. The number of urea groups is 1. The van der Waals surface area contributed by atoms with Gasteiger partial charge in [-0.1, -0.05) is 53.5 Å². The van der Waals surface area contributed by atoms with E-state index in [1.165, 1.54) is 17.1 Å². The number of amides is 2. The summed E-state index contributed by atoms with van der Waals surface area (Å²) < 4.78 is 7.26. The second kappa shape index (κ2) is 10.3. The van der Waals surface area contributed by atoms with Gasteiger partial charge in [-0.15, -0.1) is 0 Å². The van der Waals surface area contributed by atoms with Crippen LogP contribution in [0.4, 0.5) is 10.5 Å². The molecule has 33 heavy (non-hydrogen) atoms. The summed E-state index contributed by atoms with van der Waals surface area (Å²) in [7, 11) is 0. The van der Waals surface area contributed by atoms with Crippen LogP contribution in [-0.4, -0.2) is 30.8 Å². The molecule has 0 fully saturated rings. The standard InChI is InChI=1S/C22H19Cl2N7O2/c1-14(20-27-13-28-31(20)21-25-8-5-9-26-21)29-22(32)30-18-11-19(17(24)10-16(18)23)33-12-15-6-3-2-4-7-15/h2-11,13-14H,12H2,1H3,(H2,29,30,32)/t14-/m0/s1. The minimum atomic E-state index is -0.504. The molecule has 11 heteroatoms. The van der Waals surface area contributed by atoms with Gasteiger partial charge in [-0.25, -0.2) is 19.7 Å². The van der Waals surface area contributed by atoms with Gasteiger partial charge in [-0.2, -0.15) is 9.78 Å². The van der Waals surface area contributed by atoms with Crippen LogP contribution in [0.3, 0.4) is 0 Å². The third-order valence-corrected chi connectivity index (χ3v) is 5.17. The van der Waals surface area contributed by atoms with Crippen molar-refractivity contribution in [3.63, 3.8) is 0 Å². The van der Waals surface area contributed by atoms with Crippen molar-refractivity contribution in [1.29, 1.82) is 0 Å². The summed E-state index contributed by atoms with van der Waals surface area (Å²) in [6.07, 6.45) is 4.56. The minimum absolute atomic E-state index is 0.274. The molecule has 0 bridgehead atoms. The Kier molecular flexibility index (Phi) is 7.01. The molecule has 0 saturated carbocycles. The molecule has 1 atom stereocenters. The molecule has 0 aliphatic heterocycles. The topological polar surface area (TPSA) is 107 Å². The minimum Gasteiger partial charge on any atom is -0.487 e. The summed E-state index contributed by atoms with van der Waals surface area (Å²) in [5, 5.41) is 10.3. The first-order valence-electron chi connectivity index (χ1n) is 9.92. The third-order valence-electron chi connectivity index (χ3n) is 4.56. The van der Waals surface area contributed by atoms with Crippen LogP contribution in [0, 0.1) is 0 Å². The predicted molar refractivity (Wildman–Crippen MR) is 125 cm³/mol. The smallest absolute Gasteiger partial charge is 0.319 e. The number of benzene rings is 2. The van der Waals surface area contributed by atoms with E-state index in [9.17, 15) is 4.79 Å². The fourth-order valence-corrected chi connectivity index (χ4v) is 3.48. The number of nitrogens with zero attached hydrogens (tertiary/aromatic N) is 5. The molecule has 0 unspecified atom stereocenters. The Morgan fingerprint density at radius 1 is 1.06 bits per heavy atom. The fourth-order valence-electron chi connectivity index (χ4n) is 2.99. The molecule has 168 valence electrons. The van der Waals surface area contributed by atoms with Crippen molar-refractivity contribution < 1.29 is 9.53 Å². The van der Waals surface area contributed by atoms with E-state index in [2.05, 4.69) is 30.7 Å². The van der Waals surface area contributed by atoms with Crippen molar-refractivity contribution in [2.75, 3.05) is 5.32 Å². The Morgan fingerprint density at radius 3 is 2.58 bits per heavy atom. The first-order valence-corrected chi connectivity index (χ1v) is 10.7. The van der Waals surface area contributed by atoms with E-state index in [1.54, 1.807) is 31.5 Å². The van der Waals surface area contributed by atoms with Gasteiger partial charge in [-0.3, -0.25) is 0 Å². The molecule has 4 aromatic rings. The number of ether oxygens (including phenoxy) is 1. The van der Waals surface area contributed by atoms with Gasteiger partial charge in [0.1, 0.15) is 18.7 Å². The molecular weight excluding hydrogens is 465 g/mol. The average Bonchev–Trinajstić information content (AvgIpc) is 3.31. The van der Waals surface area contributed by atoms with E-state index < -0.39 is 12.1 Å². The number of nitrogens with one attached hydrogen (secondary N) is 2. The maximum atomic E-state index is 12.7. The van der Waals surface area contributed by atoms with Crippen LogP contribution < -0.4 is 15.4 Å². The van der Waals surface area contributed by atoms with E-state index in [4.69, 9.17) is 27.9 Å². The lowest BCUT2D eigenvalue weighted by Crippen LogP contribution is -2.32. The molecule has 0 aliphatic rings. The zero-order valence-corrected chi connectivity index (χ0v) is 19.0. The fraction of sp³-hybridized carbons (Fsp3) is 0.136. The number of aromatic nitrogens is 5. The molecule has 9 nitrogen and oxygen atoms in total. The number of rotatable bonds is 7. The first-order chi connectivity index (χ1) is 16.0. The molecule has 0 radical (unpaired) electrons. The summed E-state index contributed by atoms with van der Waals surface area (Å²) in [5.74, 6) is 1.21. The van der Waals surface area contributed by atoms with Crippen molar-refractivity contribution >= 4 is 34.9 Å². The van der Waals surface area contributed by atoms with E-state index in [0.29, 0.717) is 34.8 Å². The van der Waals surface area contributed by atoms with E-state index in [0.717, 1.165) is 5.56 Å². The molecule has 2 heterocycles. The Bertz CT molecular complexity index is 1240. The zero-order chi connectivity index (χ0) is 23.2. The number of hydrogen-bond donors (Lipinski definition) is 2. The molecule has 0 aliphatic carbocycles. The van der Waals surface area contributed by atoms with Crippen molar-refractivity contribution in [3.05, 3.63) is 88.7 Å². The normalized spacial score (nSPS) is 11.6. The summed E-state index contributed by atoms with van der Waals surface area (Å²) in [6.45, 7) is 2.09. The summed E-state index contributed by atoms with van der Waals surface area (Å²) in [4.78, 5) is 25.2. The first kappa shape index (κ1) is 22.5. The van der Waals surface area contributed by atoms with E-state index >= 15 is 0 Å². The maximum Gasteiger partial charge on any atom is 0.319 e. The highest BCUT2D eigenvalue weighted by Crippen LogP contribution is 2.34. The third kappa shape index (κ3) is 5.57. The summed E-state index contributed by atoms with van der Waals surface area (Å²) >= 11 is 12.5. The quantitative estimate of drug-likeness (QED) is 0.389. The predicted octanol–water partition coefficient (Wildman–Crippen LogP) is 4.83. The average molecular weight is 484 g/mol. The second-order valence-electron chi connectivity index (χ2n) is 6.94. The van der Waals surface area contributed by atoms with Crippen LogP contribution in [-0.2, 0) is 6.61 Å². The lowest BCUT2D eigenvalue weighted by atomic mass is 10.2. The van der Waals surface area contributed by atoms with Crippen molar-refractivity contribution in [3.8, 4) is 11.7 Å². The number of carbonyl (C=O) groups is 1. The van der Waals surface area contributed by atoms with Crippen molar-refractivity contribution in [2.45, 2.75) is 19.6 Å². The lowest BCUT2D eigenvalue weighted by Gasteiger charge is -2.16. The van der Waals surface area contributed by atoms with Gasteiger partial charge in [0.2, 0.25) is 0 Å². The van der Waals surface area contributed by atoms with E-state index in [-0.39, 0.29) is 5.02 Å². The molecule has 2 aromatic carbocycles. The lowest BCUT2D eigenvalue weighted by molar-refractivity contribution is 0.248. The Labute approximate surface area is 199 Å². The van der Waals surface area contributed by atoms with Gasteiger partial charge in [0, 0.05) is 18.5 Å². The molecule has 0 spiro atoms. The van der Waals surface area contributed by atoms with Gasteiger partial charge >= 0.3 is 6.03 Å². The van der Waals surface area contributed by atoms with E-state index in [1.807, 2.05) is 30.3 Å². The highest BCUT2D eigenvalue weighted by Gasteiger charge is 2.19. The number of hydrogen-bond acceptors (Lipinski definition) is 6. The van der Waals surface area contributed by atoms with Gasteiger partial charge < -0.3 is 15.4 Å². The van der Waals surface area contributed by atoms with Crippen LogP contribution in [0.2, 0.25) is 10.0 Å². The second-order valence-corrected chi connectivity index (χ2v) is 7.75. The van der Waals surface area contributed by atoms with Crippen molar-refractivity contribution in [1.82, 2.24) is 30.0 Å². The Hall–Kier alpha value is -3.69. The van der Waals surface area contributed by atoms with Gasteiger partial charge in [0.25, 0.3) is 5.95 Å². The molecule has 0 saturated heterocycles. The van der Waals surface area contributed by atoms with Crippen molar-refractivity contribution in [2.24, 2.45) is 0 Å². The highest BCUT2D eigenvalue weighted by molar-refractivity contribution is 6.37. The Balaban J connectivity index is 1.44. The maximum absolute atomic E-state index is 12.7. The number of anilines is 1. The largest absolute Gasteiger partial charge is 0.487 e. The van der Waals surface area contributed by atoms with Crippen LogP contribution >= 0.6 is 23.2 Å².